The highest BCUT2D eigenvalue weighted by atomic mass is 79.9. The summed E-state index contributed by atoms with van der Waals surface area (Å²) in [5.41, 5.74) is 6.07. The molecule has 2 aromatic rings. The number of rotatable bonds is 3. The lowest BCUT2D eigenvalue weighted by atomic mass is 10.3. The number of nitrogens with one attached hydrogen (secondary N) is 1. The molecule has 1 heterocycles. The van der Waals surface area contributed by atoms with E-state index in [1.807, 2.05) is 0 Å². The highest BCUT2D eigenvalue weighted by molar-refractivity contribution is 9.10. The van der Waals surface area contributed by atoms with Crippen molar-refractivity contribution in [2.75, 3.05) is 10.5 Å². The van der Waals surface area contributed by atoms with Crippen LogP contribution in [0.3, 0.4) is 0 Å². The topological polar surface area (TPSA) is 98.0 Å². The van der Waals surface area contributed by atoms with E-state index in [-0.39, 0.29) is 10.7 Å². The van der Waals surface area contributed by atoms with E-state index in [2.05, 4.69) is 46.5 Å². The second-order valence-corrected chi connectivity index (χ2v) is 6.86. The molecule has 6 nitrogen and oxygen atoms in total. The second kappa shape index (κ2) is 5.43. The fraction of sp³-hybridized carbons (Fsp3) is 0. The van der Waals surface area contributed by atoms with Gasteiger partial charge in [-0.1, -0.05) is 0 Å². The van der Waals surface area contributed by atoms with Crippen LogP contribution in [0, 0.1) is 0 Å². The fourth-order valence-corrected chi connectivity index (χ4v) is 2.99. The summed E-state index contributed by atoms with van der Waals surface area (Å²) in [5, 5.41) is 0. The minimum Gasteiger partial charge on any atom is -0.398 e. The zero-order valence-electron chi connectivity index (χ0n) is 9.34. The van der Waals surface area contributed by atoms with Crippen molar-refractivity contribution >= 4 is 53.4 Å². The van der Waals surface area contributed by atoms with Gasteiger partial charge in [-0.2, -0.15) is 0 Å². The monoisotopic (exact) mass is 406 g/mol. The normalized spacial score (nSPS) is 11.3. The largest absolute Gasteiger partial charge is 0.398 e. The summed E-state index contributed by atoms with van der Waals surface area (Å²) in [4.78, 5) is 7.86. The number of nitrogens with zero attached hydrogens (tertiary/aromatic N) is 2. The number of aromatic nitrogens is 2. The maximum Gasteiger partial charge on any atom is 0.263 e. The zero-order valence-corrected chi connectivity index (χ0v) is 13.3. The molecule has 0 unspecified atom stereocenters. The lowest BCUT2D eigenvalue weighted by Gasteiger charge is -2.08. The Morgan fingerprint density at radius 2 is 1.89 bits per heavy atom. The smallest absolute Gasteiger partial charge is 0.263 e. The van der Waals surface area contributed by atoms with Crippen LogP contribution >= 0.6 is 31.9 Å². The molecule has 0 aliphatic carbocycles. The average molecular weight is 408 g/mol. The third-order valence-corrected chi connectivity index (χ3v) is 4.59. The number of sulfonamides is 1. The molecule has 1 aromatic carbocycles. The Balaban J connectivity index is 2.32. The van der Waals surface area contributed by atoms with E-state index >= 15 is 0 Å². The van der Waals surface area contributed by atoms with Crippen molar-refractivity contribution in [1.29, 1.82) is 0 Å². The number of anilines is 2. The molecule has 0 atom stereocenters. The van der Waals surface area contributed by atoms with Gasteiger partial charge >= 0.3 is 0 Å². The molecule has 0 radical (unpaired) electrons. The summed E-state index contributed by atoms with van der Waals surface area (Å²) in [5.74, 6) is 0.135. The van der Waals surface area contributed by atoms with E-state index in [4.69, 9.17) is 5.73 Å². The van der Waals surface area contributed by atoms with E-state index in [9.17, 15) is 8.42 Å². The molecule has 3 N–H and O–H groups in total. The molecule has 0 aliphatic heterocycles. The van der Waals surface area contributed by atoms with Gasteiger partial charge in [-0.25, -0.2) is 18.4 Å². The molecule has 0 fully saturated rings. The molecule has 0 spiro atoms. The van der Waals surface area contributed by atoms with Gasteiger partial charge in [0.2, 0.25) is 0 Å². The van der Waals surface area contributed by atoms with Crippen molar-refractivity contribution in [2.45, 2.75) is 4.90 Å². The van der Waals surface area contributed by atoms with Crippen molar-refractivity contribution in [3.8, 4) is 0 Å². The second-order valence-electron chi connectivity index (χ2n) is 3.51. The molecule has 0 amide bonds. The van der Waals surface area contributed by atoms with Gasteiger partial charge in [-0.15, -0.1) is 0 Å². The standard InChI is InChI=1S/C10H8Br2N4O2S/c11-7-3-6(1-2-8(7)13)19(17,18)16-10-5-14-9(12)4-15-10/h1-5H,13H2,(H,15,16). The molecule has 0 saturated heterocycles. The number of hydrogen-bond donors (Lipinski definition) is 2. The Morgan fingerprint density at radius 1 is 1.16 bits per heavy atom. The van der Waals surface area contributed by atoms with Gasteiger partial charge in [0.25, 0.3) is 10.0 Å². The Kier molecular flexibility index (Phi) is 4.07. The number of halogens is 2. The summed E-state index contributed by atoms with van der Waals surface area (Å²) < 4.78 is 27.6. The first kappa shape index (κ1) is 14.2. The van der Waals surface area contributed by atoms with Gasteiger partial charge in [0.15, 0.2) is 5.82 Å². The Hall–Kier alpha value is -1.19. The van der Waals surface area contributed by atoms with Gasteiger partial charge in [0, 0.05) is 10.2 Å². The maximum absolute atomic E-state index is 12.1. The Bertz CT molecular complexity index is 704. The van der Waals surface area contributed by atoms with Crippen LogP contribution in [0.5, 0.6) is 0 Å². The number of nitrogens with two attached hydrogens (primary N) is 1. The van der Waals surface area contributed by atoms with Crippen LogP contribution in [-0.2, 0) is 10.0 Å². The van der Waals surface area contributed by atoms with Crippen LogP contribution < -0.4 is 10.5 Å². The van der Waals surface area contributed by atoms with Crippen molar-refractivity contribution in [3.63, 3.8) is 0 Å². The molecule has 2 rings (SSSR count). The third kappa shape index (κ3) is 3.43. The van der Waals surface area contributed by atoms with Crippen molar-refractivity contribution in [3.05, 3.63) is 39.7 Å². The predicted molar refractivity (Wildman–Crippen MR) is 79.1 cm³/mol. The average Bonchev–Trinajstić information content (AvgIpc) is 2.35. The van der Waals surface area contributed by atoms with Crippen LogP contribution in [0.4, 0.5) is 11.5 Å². The summed E-state index contributed by atoms with van der Waals surface area (Å²) >= 11 is 6.30. The van der Waals surface area contributed by atoms with Gasteiger partial charge in [-0.3, -0.25) is 4.72 Å². The van der Waals surface area contributed by atoms with E-state index in [1.165, 1.54) is 30.6 Å². The first-order chi connectivity index (χ1) is 8.88. The lowest BCUT2D eigenvalue weighted by Crippen LogP contribution is -2.14. The van der Waals surface area contributed by atoms with Crippen molar-refractivity contribution in [2.24, 2.45) is 0 Å². The minimum absolute atomic E-state index is 0.0818. The molecular weight excluding hydrogens is 400 g/mol. The Labute approximate surface area is 126 Å². The van der Waals surface area contributed by atoms with E-state index in [1.54, 1.807) is 0 Å². The van der Waals surface area contributed by atoms with E-state index in [0.29, 0.717) is 14.8 Å². The van der Waals surface area contributed by atoms with Gasteiger partial charge in [0.1, 0.15) is 4.60 Å². The zero-order chi connectivity index (χ0) is 14.0. The SMILES string of the molecule is Nc1ccc(S(=O)(=O)Nc2cnc(Br)cn2)cc1Br. The van der Waals surface area contributed by atoms with Crippen LogP contribution in [0.2, 0.25) is 0 Å². The Morgan fingerprint density at radius 3 is 2.47 bits per heavy atom. The number of benzene rings is 1. The fourth-order valence-electron chi connectivity index (χ4n) is 1.24. The van der Waals surface area contributed by atoms with Crippen LogP contribution in [0.15, 0.2) is 44.6 Å². The van der Waals surface area contributed by atoms with Gasteiger partial charge < -0.3 is 5.73 Å². The first-order valence-corrected chi connectivity index (χ1v) is 8.01. The quantitative estimate of drug-likeness (QED) is 0.761. The highest BCUT2D eigenvalue weighted by Gasteiger charge is 2.16. The molecular formula is C10H8Br2N4O2S. The molecule has 0 saturated carbocycles. The van der Waals surface area contributed by atoms with Crippen LogP contribution in [0.1, 0.15) is 0 Å². The van der Waals surface area contributed by atoms with Crippen molar-refractivity contribution < 1.29 is 8.42 Å². The predicted octanol–water partition coefficient (Wildman–Crippen LogP) is 2.38. The summed E-state index contributed by atoms with van der Waals surface area (Å²) in [7, 11) is -3.72. The number of nitrogen functional groups attached to an aromatic ring is 1. The summed E-state index contributed by atoms with van der Waals surface area (Å²) in [6.07, 6.45) is 2.71. The first-order valence-electron chi connectivity index (χ1n) is 4.94. The molecule has 19 heavy (non-hydrogen) atoms. The molecule has 9 heteroatoms. The van der Waals surface area contributed by atoms with Gasteiger partial charge in [0.05, 0.1) is 17.3 Å². The lowest BCUT2D eigenvalue weighted by molar-refractivity contribution is 0.601. The molecule has 0 aliphatic rings. The van der Waals surface area contributed by atoms with Crippen molar-refractivity contribution in [1.82, 2.24) is 9.97 Å². The molecule has 100 valence electrons. The summed E-state index contributed by atoms with van der Waals surface area (Å²) in [6, 6.07) is 4.34. The highest BCUT2D eigenvalue weighted by Crippen LogP contribution is 2.24. The third-order valence-electron chi connectivity index (χ3n) is 2.14. The molecule has 0 bridgehead atoms. The number of hydrogen-bond acceptors (Lipinski definition) is 5. The maximum atomic E-state index is 12.1. The van der Waals surface area contributed by atoms with E-state index < -0.39 is 10.0 Å². The molecule has 1 aromatic heterocycles. The van der Waals surface area contributed by atoms with Gasteiger partial charge in [-0.05, 0) is 50.1 Å². The van der Waals surface area contributed by atoms with Crippen LogP contribution in [-0.4, -0.2) is 18.4 Å². The van der Waals surface area contributed by atoms with E-state index in [0.717, 1.165) is 0 Å². The minimum atomic E-state index is -3.72. The summed E-state index contributed by atoms with van der Waals surface area (Å²) in [6.45, 7) is 0. The van der Waals surface area contributed by atoms with Crippen LogP contribution in [0.25, 0.3) is 0 Å².